The Bertz CT molecular complexity index is 689. The van der Waals surface area contributed by atoms with E-state index in [1.54, 1.807) is 0 Å². The van der Waals surface area contributed by atoms with Crippen molar-refractivity contribution in [3.8, 4) is 11.5 Å². The highest BCUT2D eigenvalue weighted by Crippen LogP contribution is 2.36. The van der Waals surface area contributed by atoms with E-state index in [4.69, 9.17) is 16.3 Å². The van der Waals surface area contributed by atoms with Crippen LogP contribution < -0.4 is 4.74 Å². The van der Waals surface area contributed by atoms with Gasteiger partial charge in [0.15, 0.2) is 17.3 Å². The molecule has 104 valence electrons. The van der Waals surface area contributed by atoms with Crippen LogP contribution in [0.1, 0.15) is 17.3 Å². The largest absolute Gasteiger partial charge is 0.452 e. The summed E-state index contributed by atoms with van der Waals surface area (Å²) in [6.45, 7) is 1.29. The number of para-hydroxylation sites is 1. The number of carbonyl (C=O) groups excluding carboxylic acids is 1. The Morgan fingerprint density at radius 3 is 2.60 bits per heavy atom. The first-order valence-corrected chi connectivity index (χ1v) is 6.69. The number of carbonyl (C=O) groups is 1. The molecule has 2 nitrogen and oxygen atoms in total. The third-order valence-corrected chi connectivity index (χ3v) is 3.44. The molecule has 2 aromatic rings. The van der Waals surface area contributed by atoms with E-state index >= 15 is 0 Å². The lowest BCUT2D eigenvalue weighted by Crippen LogP contribution is -2.00. The van der Waals surface area contributed by atoms with Gasteiger partial charge in [-0.25, -0.2) is 8.78 Å². The van der Waals surface area contributed by atoms with E-state index in [9.17, 15) is 13.6 Å². The van der Waals surface area contributed by atoms with Crippen molar-refractivity contribution < 1.29 is 18.3 Å². The number of ketones is 1. The van der Waals surface area contributed by atoms with Crippen LogP contribution in [-0.2, 0) is 0 Å². The fourth-order valence-corrected chi connectivity index (χ4v) is 2.30. The van der Waals surface area contributed by atoms with Crippen LogP contribution in [0.2, 0.25) is 5.02 Å². The molecule has 2 rings (SSSR count). The summed E-state index contributed by atoms with van der Waals surface area (Å²) in [5, 5.41) is -0.0930. The maximum atomic E-state index is 13.8. The molecule has 0 unspecified atom stereocenters. The normalized spacial score (nSPS) is 10.4. The molecule has 0 aromatic heterocycles. The van der Waals surface area contributed by atoms with Gasteiger partial charge in [0.05, 0.1) is 15.1 Å². The Kier molecular flexibility index (Phi) is 4.40. The molecular weight excluding hydrogens is 354 g/mol. The predicted molar refractivity (Wildman–Crippen MR) is 75.6 cm³/mol. The Balaban J connectivity index is 2.50. The molecule has 0 radical (unpaired) electrons. The standard InChI is InChI=1S/C14H8BrClF2O2/c1-7(19)8-3-2-4-11(17)14(8)20-13-6-12(18)10(16)5-9(13)15/h2-6H,1H3. The summed E-state index contributed by atoms with van der Waals surface area (Å²) in [6.07, 6.45) is 0. The highest BCUT2D eigenvalue weighted by molar-refractivity contribution is 9.10. The zero-order valence-corrected chi connectivity index (χ0v) is 12.6. The summed E-state index contributed by atoms with van der Waals surface area (Å²) >= 11 is 8.75. The van der Waals surface area contributed by atoms with Crippen LogP contribution in [0, 0.1) is 11.6 Å². The second-order valence-corrected chi connectivity index (χ2v) is 5.23. The summed E-state index contributed by atoms with van der Waals surface area (Å²) < 4.78 is 32.9. The van der Waals surface area contributed by atoms with Crippen LogP contribution in [-0.4, -0.2) is 5.78 Å². The first-order chi connectivity index (χ1) is 9.40. The van der Waals surface area contributed by atoms with Crippen molar-refractivity contribution in [2.45, 2.75) is 6.92 Å². The summed E-state index contributed by atoms with van der Waals surface area (Å²) in [4.78, 5) is 11.5. The van der Waals surface area contributed by atoms with Crippen molar-refractivity contribution in [1.29, 1.82) is 0 Å². The van der Waals surface area contributed by atoms with Gasteiger partial charge < -0.3 is 4.74 Å². The van der Waals surface area contributed by atoms with E-state index in [-0.39, 0.29) is 27.9 Å². The number of rotatable bonds is 3. The monoisotopic (exact) mass is 360 g/mol. The highest BCUT2D eigenvalue weighted by Gasteiger charge is 2.17. The van der Waals surface area contributed by atoms with E-state index in [1.807, 2.05) is 0 Å². The molecule has 0 heterocycles. The Morgan fingerprint density at radius 1 is 1.25 bits per heavy atom. The van der Waals surface area contributed by atoms with Gasteiger partial charge >= 0.3 is 0 Å². The molecule has 0 saturated carbocycles. The topological polar surface area (TPSA) is 26.3 Å². The number of halogens is 4. The van der Waals surface area contributed by atoms with Crippen molar-refractivity contribution in [2.24, 2.45) is 0 Å². The van der Waals surface area contributed by atoms with E-state index in [0.717, 1.165) is 12.1 Å². The molecule has 0 aliphatic rings. The molecule has 0 fully saturated rings. The first-order valence-electron chi connectivity index (χ1n) is 5.52. The molecule has 6 heteroatoms. The number of benzene rings is 2. The third-order valence-electron chi connectivity index (χ3n) is 2.53. The second kappa shape index (κ2) is 5.89. The van der Waals surface area contributed by atoms with E-state index in [0.29, 0.717) is 4.47 Å². The van der Waals surface area contributed by atoms with Crippen molar-refractivity contribution in [3.05, 3.63) is 57.0 Å². The van der Waals surface area contributed by atoms with Crippen molar-refractivity contribution in [1.82, 2.24) is 0 Å². The lowest BCUT2D eigenvalue weighted by Gasteiger charge is -2.12. The quantitative estimate of drug-likeness (QED) is 0.542. The molecule has 0 N–H and O–H groups in total. The molecule has 20 heavy (non-hydrogen) atoms. The van der Waals surface area contributed by atoms with Gasteiger partial charge in [0, 0.05) is 6.07 Å². The van der Waals surface area contributed by atoms with Gasteiger partial charge in [-0.1, -0.05) is 17.7 Å². The zero-order valence-electron chi connectivity index (χ0n) is 10.2. The summed E-state index contributed by atoms with van der Waals surface area (Å²) in [5.41, 5.74) is 0.0762. The number of hydrogen-bond acceptors (Lipinski definition) is 2. The summed E-state index contributed by atoms with van der Waals surface area (Å²) in [7, 11) is 0. The molecule has 0 amide bonds. The fraction of sp³-hybridized carbons (Fsp3) is 0.0714. The Morgan fingerprint density at radius 2 is 1.95 bits per heavy atom. The van der Waals surface area contributed by atoms with Crippen molar-refractivity contribution >= 4 is 33.3 Å². The molecular formula is C14H8BrClF2O2. The van der Waals surface area contributed by atoms with Crippen LogP contribution in [0.15, 0.2) is 34.8 Å². The van der Waals surface area contributed by atoms with Crippen LogP contribution in [0.5, 0.6) is 11.5 Å². The third kappa shape index (κ3) is 2.99. The maximum absolute atomic E-state index is 13.8. The van der Waals surface area contributed by atoms with Gasteiger partial charge in [-0.15, -0.1) is 0 Å². The average molecular weight is 362 g/mol. The lowest BCUT2D eigenvalue weighted by molar-refractivity contribution is 0.101. The number of Topliss-reactive ketones (excluding diaryl/α,β-unsaturated/α-hetero) is 1. The first kappa shape index (κ1) is 14.9. The molecule has 0 aliphatic carbocycles. The lowest BCUT2D eigenvalue weighted by atomic mass is 10.1. The zero-order chi connectivity index (χ0) is 14.9. The fourth-order valence-electron chi connectivity index (χ4n) is 1.58. The summed E-state index contributed by atoms with van der Waals surface area (Å²) in [6, 6.07) is 6.29. The number of ether oxygens (including phenoxy) is 1. The highest BCUT2D eigenvalue weighted by atomic mass is 79.9. The minimum Gasteiger partial charge on any atom is -0.452 e. The average Bonchev–Trinajstić information content (AvgIpc) is 2.37. The smallest absolute Gasteiger partial charge is 0.173 e. The molecule has 0 aliphatic heterocycles. The van der Waals surface area contributed by atoms with Crippen molar-refractivity contribution in [3.63, 3.8) is 0 Å². The van der Waals surface area contributed by atoms with Gasteiger partial charge in [-0.3, -0.25) is 4.79 Å². The predicted octanol–water partition coefficient (Wildman–Crippen LogP) is 5.38. The van der Waals surface area contributed by atoms with Crippen molar-refractivity contribution in [2.75, 3.05) is 0 Å². The maximum Gasteiger partial charge on any atom is 0.173 e. The minimum absolute atomic E-state index is 0.0273. The molecule has 0 saturated heterocycles. The van der Waals surface area contributed by atoms with E-state index in [1.165, 1.54) is 25.1 Å². The van der Waals surface area contributed by atoms with Gasteiger partial charge in [0.1, 0.15) is 11.6 Å². The molecule has 0 bridgehead atoms. The van der Waals surface area contributed by atoms with E-state index < -0.39 is 11.6 Å². The Labute approximate surface area is 127 Å². The summed E-state index contributed by atoms with van der Waals surface area (Å²) in [5.74, 6) is -1.99. The minimum atomic E-state index is -0.708. The molecule has 0 atom stereocenters. The van der Waals surface area contributed by atoms with E-state index in [2.05, 4.69) is 15.9 Å². The SMILES string of the molecule is CC(=O)c1cccc(F)c1Oc1cc(F)c(Cl)cc1Br. The van der Waals surface area contributed by atoms with Crippen LogP contribution in [0.25, 0.3) is 0 Å². The molecule has 2 aromatic carbocycles. The number of hydrogen-bond donors (Lipinski definition) is 0. The van der Waals surface area contributed by atoms with Crippen LogP contribution in [0.4, 0.5) is 8.78 Å². The van der Waals surface area contributed by atoms with Crippen LogP contribution in [0.3, 0.4) is 0 Å². The second-order valence-electron chi connectivity index (χ2n) is 3.97. The van der Waals surface area contributed by atoms with Gasteiger partial charge in [-0.2, -0.15) is 0 Å². The van der Waals surface area contributed by atoms with Gasteiger partial charge in [0.25, 0.3) is 0 Å². The van der Waals surface area contributed by atoms with Gasteiger partial charge in [0.2, 0.25) is 0 Å². The molecule has 0 spiro atoms. The van der Waals surface area contributed by atoms with Gasteiger partial charge in [-0.05, 0) is 41.1 Å². The Hall–Kier alpha value is -1.46. The van der Waals surface area contributed by atoms with Crippen LogP contribution >= 0.6 is 27.5 Å².